The zero-order valence-electron chi connectivity index (χ0n) is 19.0. The number of anilines is 1. The minimum atomic E-state index is -0.896. The van der Waals surface area contributed by atoms with Crippen molar-refractivity contribution in [2.24, 2.45) is 0 Å². The number of halogens is 1. The maximum Gasteiger partial charge on any atom is 0.301 e. The van der Waals surface area contributed by atoms with E-state index in [1.54, 1.807) is 24.3 Å². The molecule has 35 heavy (non-hydrogen) atoms. The number of aliphatic hydroxyl groups is 1. The van der Waals surface area contributed by atoms with E-state index in [1.165, 1.54) is 23.1 Å². The van der Waals surface area contributed by atoms with Crippen LogP contribution in [0.15, 0.2) is 72.3 Å². The number of carbonyl (C=O) groups excluding carboxylic acids is 2. The van der Waals surface area contributed by atoms with Crippen molar-refractivity contribution in [3.63, 3.8) is 0 Å². The van der Waals surface area contributed by atoms with Crippen molar-refractivity contribution in [1.29, 1.82) is 0 Å². The van der Waals surface area contributed by atoms with Crippen molar-refractivity contribution >= 4 is 44.1 Å². The largest absolute Gasteiger partial charge is 0.507 e. The minimum absolute atomic E-state index is 0.0338. The van der Waals surface area contributed by atoms with E-state index in [4.69, 9.17) is 4.74 Å². The molecule has 5 rings (SSSR count). The summed E-state index contributed by atoms with van der Waals surface area (Å²) < 4.78 is 19.8. The summed E-state index contributed by atoms with van der Waals surface area (Å²) in [5.41, 5.74) is 2.52. The maximum atomic E-state index is 13.8. The van der Waals surface area contributed by atoms with Gasteiger partial charge in [-0.05, 0) is 61.9 Å². The SMILES string of the molecule is CCOc1ccc(C(O)=C2C(=O)C(=O)N(c3nc4ccc(F)cc4s3)[C@@H]2c2ccc(C)cc2)cc1. The highest BCUT2D eigenvalue weighted by molar-refractivity contribution is 7.22. The summed E-state index contributed by atoms with van der Waals surface area (Å²) in [7, 11) is 0. The van der Waals surface area contributed by atoms with Gasteiger partial charge in [0.15, 0.2) is 5.13 Å². The summed E-state index contributed by atoms with van der Waals surface area (Å²) >= 11 is 1.11. The van der Waals surface area contributed by atoms with Crippen LogP contribution in [0.4, 0.5) is 9.52 Å². The molecule has 2 heterocycles. The molecule has 1 aliphatic rings. The standard InChI is InChI=1S/C27H21FN2O4S/c1-3-34-19-11-8-17(9-12-19)24(31)22-23(16-6-4-15(2)5-7-16)30(26(33)25(22)32)27-29-20-13-10-18(28)14-21(20)35-27/h4-14,23,31H,3H2,1-2H3/t23-/m1/s1. The maximum absolute atomic E-state index is 13.8. The van der Waals surface area contributed by atoms with Gasteiger partial charge in [0.05, 0.1) is 28.4 Å². The molecule has 1 atom stereocenters. The normalized spacial score (nSPS) is 17.3. The predicted octanol–water partition coefficient (Wildman–Crippen LogP) is 5.77. The molecule has 8 heteroatoms. The van der Waals surface area contributed by atoms with Crippen LogP contribution in [0, 0.1) is 12.7 Å². The fourth-order valence-electron chi connectivity index (χ4n) is 4.11. The minimum Gasteiger partial charge on any atom is -0.507 e. The number of rotatable bonds is 5. The van der Waals surface area contributed by atoms with Crippen LogP contribution in [0.5, 0.6) is 5.75 Å². The van der Waals surface area contributed by atoms with Crippen LogP contribution in [0.1, 0.15) is 29.7 Å². The van der Waals surface area contributed by atoms with Crippen LogP contribution in [-0.4, -0.2) is 28.4 Å². The van der Waals surface area contributed by atoms with Crippen molar-refractivity contribution in [2.45, 2.75) is 19.9 Å². The topological polar surface area (TPSA) is 79.7 Å². The molecule has 1 aliphatic heterocycles. The molecule has 1 aromatic heterocycles. The van der Waals surface area contributed by atoms with Crippen molar-refractivity contribution in [3.05, 3.63) is 94.8 Å². The Kier molecular flexibility index (Phi) is 5.82. The van der Waals surface area contributed by atoms with Crippen molar-refractivity contribution in [3.8, 4) is 5.75 Å². The number of hydrogen-bond acceptors (Lipinski definition) is 6. The molecule has 0 radical (unpaired) electrons. The van der Waals surface area contributed by atoms with Gasteiger partial charge in [-0.3, -0.25) is 14.5 Å². The number of amides is 1. The molecule has 1 saturated heterocycles. The third-order valence-electron chi connectivity index (χ3n) is 5.82. The molecule has 176 valence electrons. The van der Waals surface area contributed by atoms with Crippen LogP contribution >= 0.6 is 11.3 Å². The highest BCUT2D eigenvalue weighted by atomic mass is 32.1. The number of fused-ring (bicyclic) bond motifs is 1. The van der Waals surface area contributed by atoms with E-state index < -0.39 is 23.5 Å². The zero-order chi connectivity index (χ0) is 24.7. The fraction of sp³-hybridized carbons (Fsp3) is 0.148. The van der Waals surface area contributed by atoms with E-state index in [0.717, 1.165) is 16.9 Å². The van der Waals surface area contributed by atoms with Crippen LogP contribution in [0.2, 0.25) is 0 Å². The lowest BCUT2D eigenvalue weighted by Gasteiger charge is -2.23. The third kappa shape index (κ3) is 4.06. The molecule has 0 unspecified atom stereocenters. The van der Waals surface area contributed by atoms with Gasteiger partial charge in [-0.1, -0.05) is 41.2 Å². The quantitative estimate of drug-likeness (QED) is 0.219. The Balaban J connectivity index is 1.68. The Morgan fingerprint density at radius 1 is 1.09 bits per heavy atom. The number of benzene rings is 3. The number of nitrogens with zero attached hydrogens (tertiary/aromatic N) is 2. The van der Waals surface area contributed by atoms with Crippen LogP contribution in [0.3, 0.4) is 0 Å². The summed E-state index contributed by atoms with van der Waals surface area (Å²) in [6.45, 7) is 4.30. The molecule has 3 aromatic carbocycles. The molecular formula is C27H21FN2O4S. The van der Waals surface area contributed by atoms with Crippen LogP contribution < -0.4 is 9.64 Å². The number of aromatic nitrogens is 1. The Morgan fingerprint density at radius 3 is 2.49 bits per heavy atom. The van der Waals surface area contributed by atoms with E-state index in [0.29, 0.717) is 33.7 Å². The van der Waals surface area contributed by atoms with E-state index in [9.17, 15) is 19.1 Å². The first-order chi connectivity index (χ1) is 16.9. The lowest BCUT2D eigenvalue weighted by atomic mass is 9.95. The molecule has 0 aliphatic carbocycles. The summed E-state index contributed by atoms with van der Waals surface area (Å²) in [5.74, 6) is -1.69. The Hall–Kier alpha value is -4.04. The fourth-order valence-corrected chi connectivity index (χ4v) is 5.13. The van der Waals surface area contributed by atoms with Crippen LogP contribution in [-0.2, 0) is 9.59 Å². The van der Waals surface area contributed by atoms with Crippen molar-refractivity contribution < 1.29 is 23.8 Å². The smallest absolute Gasteiger partial charge is 0.301 e. The summed E-state index contributed by atoms with van der Waals surface area (Å²) in [6, 6.07) is 17.3. The molecule has 1 amide bonds. The average Bonchev–Trinajstić information content (AvgIpc) is 3.37. The number of ketones is 1. The van der Waals surface area contributed by atoms with Gasteiger partial charge in [0.2, 0.25) is 0 Å². The zero-order valence-corrected chi connectivity index (χ0v) is 19.8. The van der Waals surface area contributed by atoms with Gasteiger partial charge < -0.3 is 9.84 Å². The number of Topliss-reactive ketones (excluding diaryl/α,β-unsaturated/α-hetero) is 1. The number of aliphatic hydroxyl groups excluding tert-OH is 1. The monoisotopic (exact) mass is 488 g/mol. The summed E-state index contributed by atoms with van der Waals surface area (Å²) in [6.07, 6.45) is 0. The first-order valence-electron chi connectivity index (χ1n) is 11.0. The molecule has 6 nitrogen and oxygen atoms in total. The third-order valence-corrected chi connectivity index (χ3v) is 6.84. The average molecular weight is 489 g/mol. The lowest BCUT2D eigenvalue weighted by molar-refractivity contribution is -0.132. The number of carbonyl (C=O) groups is 2. The molecule has 4 aromatic rings. The van der Waals surface area contributed by atoms with Gasteiger partial charge in [0.25, 0.3) is 5.78 Å². The first kappa shape index (κ1) is 22.7. The van der Waals surface area contributed by atoms with Gasteiger partial charge in [0, 0.05) is 5.56 Å². The van der Waals surface area contributed by atoms with Gasteiger partial charge >= 0.3 is 5.91 Å². The molecule has 1 N–H and O–H groups in total. The number of ether oxygens (including phenoxy) is 1. The second kappa shape index (κ2) is 8.96. The predicted molar refractivity (Wildman–Crippen MR) is 133 cm³/mol. The molecule has 0 bridgehead atoms. The van der Waals surface area contributed by atoms with E-state index >= 15 is 0 Å². The van der Waals surface area contributed by atoms with E-state index in [2.05, 4.69) is 4.98 Å². The van der Waals surface area contributed by atoms with Crippen molar-refractivity contribution in [1.82, 2.24) is 4.98 Å². The summed E-state index contributed by atoms with van der Waals surface area (Å²) in [5, 5.41) is 11.5. The molecule has 0 spiro atoms. The Labute approximate surface area is 204 Å². The van der Waals surface area contributed by atoms with Crippen molar-refractivity contribution in [2.75, 3.05) is 11.5 Å². The lowest BCUT2D eigenvalue weighted by Crippen LogP contribution is -2.29. The van der Waals surface area contributed by atoms with Gasteiger partial charge in [-0.25, -0.2) is 9.37 Å². The molecule has 1 fully saturated rings. The first-order valence-corrected chi connectivity index (χ1v) is 11.9. The van der Waals surface area contributed by atoms with E-state index in [-0.39, 0.29) is 16.5 Å². The highest BCUT2D eigenvalue weighted by Gasteiger charge is 2.48. The second-order valence-electron chi connectivity index (χ2n) is 8.15. The van der Waals surface area contributed by atoms with Gasteiger partial charge in [0.1, 0.15) is 17.3 Å². The van der Waals surface area contributed by atoms with E-state index in [1.807, 2.05) is 38.1 Å². The number of thiazole rings is 1. The second-order valence-corrected chi connectivity index (χ2v) is 9.15. The Morgan fingerprint density at radius 2 is 1.80 bits per heavy atom. The Bertz CT molecular complexity index is 1480. The van der Waals surface area contributed by atoms with Crippen LogP contribution in [0.25, 0.3) is 16.0 Å². The van der Waals surface area contributed by atoms with Gasteiger partial charge in [-0.15, -0.1) is 0 Å². The molecular weight excluding hydrogens is 467 g/mol. The summed E-state index contributed by atoms with van der Waals surface area (Å²) in [4.78, 5) is 32.3. The number of hydrogen-bond donors (Lipinski definition) is 1. The van der Waals surface area contributed by atoms with Gasteiger partial charge in [-0.2, -0.15) is 0 Å². The highest BCUT2D eigenvalue weighted by Crippen LogP contribution is 2.44. The number of aryl methyl sites for hydroxylation is 1. The molecule has 0 saturated carbocycles.